The molecule has 0 saturated heterocycles. The van der Waals surface area contributed by atoms with E-state index in [0.717, 1.165) is 24.9 Å². The van der Waals surface area contributed by atoms with Crippen LogP contribution in [0.25, 0.3) is 0 Å². The summed E-state index contributed by atoms with van der Waals surface area (Å²) in [4.78, 5) is 0. The lowest BCUT2D eigenvalue weighted by atomic mass is 9.90. The topological polar surface area (TPSA) is 12.0 Å². The quantitative estimate of drug-likeness (QED) is 0.851. The molecule has 1 unspecified atom stereocenters. The Kier molecular flexibility index (Phi) is 3.11. The third kappa shape index (κ3) is 2.29. The van der Waals surface area contributed by atoms with Crippen molar-refractivity contribution in [2.75, 3.05) is 6.54 Å². The van der Waals surface area contributed by atoms with Gasteiger partial charge in [0.25, 0.3) is 0 Å². The SMILES string of the molecule is Fc1cccc(CC2NCCc3ccccc32)c1. The number of hydrogen-bond acceptors (Lipinski definition) is 1. The van der Waals surface area contributed by atoms with Gasteiger partial charge in [0.15, 0.2) is 0 Å². The molecule has 0 aliphatic carbocycles. The Morgan fingerprint density at radius 2 is 2.00 bits per heavy atom. The Morgan fingerprint density at radius 3 is 2.89 bits per heavy atom. The monoisotopic (exact) mass is 241 g/mol. The summed E-state index contributed by atoms with van der Waals surface area (Å²) < 4.78 is 13.2. The number of nitrogens with one attached hydrogen (secondary N) is 1. The van der Waals surface area contributed by atoms with Gasteiger partial charge in [-0.15, -0.1) is 0 Å². The molecule has 1 atom stereocenters. The van der Waals surface area contributed by atoms with E-state index in [4.69, 9.17) is 0 Å². The molecule has 0 saturated carbocycles. The molecule has 0 aromatic heterocycles. The maximum absolute atomic E-state index is 13.2. The number of hydrogen-bond donors (Lipinski definition) is 1. The number of fused-ring (bicyclic) bond motifs is 1. The molecule has 1 N–H and O–H groups in total. The Hall–Kier alpha value is -1.67. The first-order chi connectivity index (χ1) is 8.83. The van der Waals surface area contributed by atoms with Crippen molar-refractivity contribution < 1.29 is 4.39 Å². The van der Waals surface area contributed by atoms with Gasteiger partial charge in [0.1, 0.15) is 5.82 Å². The summed E-state index contributed by atoms with van der Waals surface area (Å²) in [6.45, 7) is 0.997. The molecule has 0 fully saturated rings. The molecule has 0 radical (unpaired) electrons. The first kappa shape index (κ1) is 11.4. The second kappa shape index (κ2) is 4.91. The lowest BCUT2D eigenvalue weighted by Gasteiger charge is -2.27. The van der Waals surface area contributed by atoms with Gasteiger partial charge in [0, 0.05) is 6.04 Å². The molecule has 2 aromatic carbocycles. The van der Waals surface area contributed by atoms with Crippen molar-refractivity contribution >= 4 is 0 Å². The zero-order valence-electron chi connectivity index (χ0n) is 10.2. The minimum atomic E-state index is -0.156. The Morgan fingerprint density at radius 1 is 1.11 bits per heavy atom. The van der Waals surface area contributed by atoms with Crippen LogP contribution in [0.1, 0.15) is 22.7 Å². The van der Waals surface area contributed by atoms with Crippen molar-refractivity contribution in [1.29, 1.82) is 0 Å². The van der Waals surface area contributed by atoms with Crippen molar-refractivity contribution in [3.05, 3.63) is 71.0 Å². The molecule has 1 aliphatic heterocycles. The van der Waals surface area contributed by atoms with E-state index < -0.39 is 0 Å². The predicted molar refractivity (Wildman–Crippen MR) is 71.0 cm³/mol. The van der Waals surface area contributed by atoms with Crippen LogP contribution in [0.4, 0.5) is 4.39 Å². The van der Waals surface area contributed by atoms with E-state index in [9.17, 15) is 4.39 Å². The van der Waals surface area contributed by atoms with Crippen molar-refractivity contribution in [2.45, 2.75) is 18.9 Å². The highest BCUT2D eigenvalue weighted by Gasteiger charge is 2.19. The van der Waals surface area contributed by atoms with Crippen molar-refractivity contribution in [2.24, 2.45) is 0 Å². The Bertz CT molecular complexity index is 550. The fourth-order valence-electron chi connectivity index (χ4n) is 2.67. The molecule has 3 rings (SSSR count). The van der Waals surface area contributed by atoms with Crippen LogP contribution in [0.5, 0.6) is 0 Å². The summed E-state index contributed by atoms with van der Waals surface area (Å²) in [5.41, 5.74) is 3.81. The van der Waals surface area contributed by atoms with E-state index in [-0.39, 0.29) is 5.82 Å². The van der Waals surface area contributed by atoms with E-state index in [1.807, 2.05) is 6.07 Å². The highest BCUT2D eigenvalue weighted by Crippen LogP contribution is 2.25. The van der Waals surface area contributed by atoms with Crippen LogP contribution < -0.4 is 5.32 Å². The molecule has 1 heterocycles. The largest absolute Gasteiger partial charge is 0.309 e. The lowest BCUT2D eigenvalue weighted by Crippen LogP contribution is -2.31. The van der Waals surface area contributed by atoms with Crippen LogP contribution in [-0.2, 0) is 12.8 Å². The van der Waals surface area contributed by atoms with Gasteiger partial charge in [-0.05, 0) is 48.2 Å². The van der Waals surface area contributed by atoms with Gasteiger partial charge < -0.3 is 5.32 Å². The van der Waals surface area contributed by atoms with Crippen LogP contribution in [0.2, 0.25) is 0 Å². The molecule has 0 bridgehead atoms. The third-order valence-corrected chi connectivity index (χ3v) is 3.54. The van der Waals surface area contributed by atoms with Crippen LogP contribution in [-0.4, -0.2) is 6.54 Å². The molecule has 1 nitrogen and oxygen atoms in total. The Labute approximate surface area is 107 Å². The van der Waals surface area contributed by atoms with Crippen molar-refractivity contribution in [3.63, 3.8) is 0 Å². The summed E-state index contributed by atoms with van der Waals surface area (Å²) in [6, 6.07) is 15.7. The molecule has 1 aliphatic rings. The highest BCUT2D eigenvalue weighted by molar-refractivity contribution is 5.34. The van der Waals surface area contributed by atoms with Crippen LogP contribution >= 0.6 is 0 Å². The zero-order chi connectivity index (χ0) is 12.4. The van der Waals surface area contributed by atoms with Gasteiger partial charge in [-0.25, -0.2) is 4.39 Å². The summed E-state index contributed by atoms with van der Waals surface area (Å²) in [5, 5.41) is 3.52. The number of benzene rings is 2. The van der Waals surface area contributed by atoms with Gasteiger partial charge in [-0.2, -0.15) is 0 Å². The normalized spacial score (nSPS) is 18.4. The molecular weight excluding hydrogens is 225 g/mol. The Balaban J connectivity index is 1.86. The fraction of sp³-hybridized carbons (Fsp3) is 0.250. The molecule has 2 heteroatoms. The molecule has 2 aromatic rings. The summed E-state index contributed by atoms with van der Waals surface area (Å²) in [6.07, 6.45) is 1.92. The zero-order valence-corrected chi connectivity index (χ0v) is 10.2. The smallest absolute Gasteiger partial charge is 0.123 e. The maximum Gasteiger partial charge on any atom is 0.123 e. The highest BCUT2D eigenvalue weighted by atomic mass is 19.1. The van der Waals surface area contributed by atoms with Gasteiger partial charge in [-0.3, -0.25) is 0 Å². The lowest BCUT2D eigenvalue weighted by molar-refractivity contribution is 0.501. The maximum atomic E-state index is 13.2. The van der Waals surface area contributed by atoms with Gasteiger partial charge in [0.2, 0.25) is 0 Å². The van der Waals surface area contributed by atoms with Crippen molar-refractivity contribution in [3.8, 4) is 0 Å². The average Bonchev–Trinajstić information content (AvgIpc) is 2.39. The van der Waals surface area contributed by atoms with Crippen molar-refractivity contribution in [1.82, 2.24) is 5.32 Å². The molecule has 0 amide bonds. The van der Waals surface area contributed by atoms with Gasteiger partial charge >= 0.3 is 0 Å². The molecule has 18 heavy (non-hydrogen) atoms. The van der Waals surface area contributed by atoms with E-state index >= 15 is 0 Å². The van der Waals surface area contributed by atoms with Gasteiger partial charge in [0.05, 0.1) is 0 Å². The third-order valence-electron chi connectivity index (χ3n) is 3.54. The van der Waals surface area contributed by atoms with E-state index in [1.54, 1.807) is 12.1 Å². The van der Waals surface area contributed by atoms with E-state index in [0.29, 0.717) is 6.04 Å². The first-order valence-electron chi connectivity index (χ1n) is 6.38. The van der Waals surface area contributed by atoms with Crippen LogP contribution in [0.3, 0.4) is 0 Å². The second-order valence-corrected chi connectivity index (χ2v) is 4.79. The second-order valence-electron chi connectivity index (χ2n) is 4.79. The average molecular weight is 241 g/mol. The minimum Gasteiger partial charge on any atom is -0.309 e. The first-order valence-corrected chi connectivity index (χ1v) is 6.38. The molecule has 0 spiro atoms. The van der Waals surface area contributed by atoms with E-state index in [1.165, 1.54) is 17.2 Å². The van der Waals surface area contributed by atoms with Crippen LogP contribution in [0, 0.1) is 5.82 Å². The summed E-state index contributed by atoms with van der Waals surface area (Å²) in [7, 11) is 0. The summed E-state index contributed by atoms with van der Waals surface area (Å²) >= 11 is 0. The fourth-order valence-corrected chi connectivity index (χ4v) is 2.67. The van der Waals surface area contributed by atoms with Crippen LogP contribution in [0.15, 0.2) is 48.5 Å². The van der Waals surface area contributed by atoms with Gasteiger partial charge in [-0.1, -0.05) is 36.4 Å². The minimum absolute atomic E-state index is 0.156. The number of halogens is 1. The predicted octanol–water partition coefficient (Wildman–Crippen LogP) is 3.26. The van der Waals surface area contributed by atoms with E-state index in [2.05, 4.69) is 29.6 Å². The molecule has 92 valence electrons. The standard InChI is InChI=1S/C16H16FN/c17-14-6-3-4-12(10-14)11-16-15-7-2-1-5-13(15)8-9-18-16/h1-7,10,16,18H,8-9,11H2. The molecular formula is C16H16FN. The number of rotatable bonds is 2. The summed E-state index contributed by atoms with van der Waals surface area (Å²) in [5.74, 6) is -0.156.